The second-order valence-electron chi connectivity index (χ2n) is 7.86. The van der Waals surface area contributed by atoms with Crippen LogP contribution in [0.2, 0.25) is 5.02 Å². The number of benzene rings is 2. The Morgan fingerprint density at radius 2 is 2.03 bits per heavy atom. The maximum atomic E-state index is 13.3. The van der Waals surface area contributed by atoms with E-state index >= 15 is 0 Å². The smallest absolute Gasteiger partial charge is 0.266 e. The third kappa shape index (κ3) is 5.95. The number of carbonyl (C=O) groups is 1. The van der Waals surface area contributed by atoms with Gasteiger partial charge in [0, 0.05) is 32.2 Å². The molecule has 0 bridgehead atoms. The molecule has 0 atom stereocenters. The highest BCUT2D eigenvalue weighted by atomic mass is 35.5. The van der Waals surface area contributed by atoms with Crippen molar-refractivity contribution in [3.05, 3.63) is 47.0 Å². The van der Waals surface area contributed by atoms with E-state index < -0.39 is 0 Å². The zero-order chi connectivity index (χ0) is 23.2. The van der Waals surface area contributed by atoms with Crippen LogP contribution in [0.5, 0.6) is 11.5 Å². The second-order valence-corrected chi connectivity index (χ2v) is 9.24. The van der Waals surface area contributed by atoms with Gasteiger partial charge in [-0.2, -0.15) is 0 Å². The second kappa shape index (κ2) is 11.2. The van der Waals surface area contributed by atoms with Crippen molar-refractivity contribution in [2.24, 2.45) is 0 Å². The SMILES string of the molecule is COc1cccc(OCC(=O)N(CCCN2CCOCC2)c2nc3c(C)ccc(Cl)c3s2)c1. The number of aryl methyl sites for hydroxylation is 1. The van der Waals surface area contributed by atoms with Crippen molar-refractivity contribution in [2.45, 2.75) is 13.3 Å². The van der Waals surface area contributed by atoms with Crippen molar-refractivity contribution < 1.29 is 19.0 Å². The molecular weight excluding hydrogens is 462 g/mol. The van der Waals surface area contributed by atoms with Crippen molar-refractivity contribution in [3.8, 4) is 11.5 Å². The molecule has 0 unspecified atom stereocenters. The molecule has 0 N–H and O–H groups in total. The van der Waals surface area contributed by atoms with Gasteiger partial charge in [-0.05, 0) is 37.1 Å². The van der Waals surface area contributed by atoms with Crippen molar-refractivity contribution in [1.82, 2.24) is 9.88 Å². The highest BCUT2D eigenvalue weighted by Gasteiger charge is 2.22. The molecule has 1 aromatic heterocycles. The number of rotatable bonds is 9. The Morgan fingerprint density at radius 1 is 1.24 bits per heavy atom. The Hall–Kier alpha value is -2.39. The maximum absolute atomic E-state index is 13.3. The Morgan fingerprint density at radius 3 is 2.79 bits per heavy atom. The third-order valence-electron chi connectivity index (χ3n) is 5.58. The van der Waals surface area contributed by atoms with E-state index in [-0.39, 0.29) is 12.5 Å². The minimum Gasteiger partial charge on any atom is -0.497 e. The van der Waals surface area contributed by atoms with Gasteiger partial charge in [-0.3, -0.25) is 14.6 Å². The van der Waals surface area contributed by atoms with E-state index in [0.29, 0.717) is 28.2 Å². The van der Waals surface area contributed by atoms with E-state index in [2.05, 4.69) is 4.90 Å². The van der Waals surface area contributed by atoms with Gasteiger partial charge in [0.15, 0.2) is 11.7 Å². The number of nitrogens with zero attached hydrogens (tertiary/aromatic N) is 3. The molecule has 0 aliphatic carbocycles. The van der Waals surface area contributed by atoms with E-state index in [1.165, 1.54) is 11.3 Å². The molecule has 2 heterocycles. The van der Waals surface area contributed by atoms with Crippen LogP contribution in [0, 0.1) is 6.92 Å². The van der Waals surface area contributed by atoms with Crippen LogP contribution in [0.25, 0.3) is 10.2 Å². The first kappa shape index (κ1) is 23.8. The number of hydrogen-bond acceptors (Lipinski definition) is 7. The van der Waals surface area contributed by atoms with Crippen LogP contribution in [-0.2, 0) is 9.53 Å². The Kier molecular flexibility index (Phi) is 8.03. The highest BCUT2D eigenvalue weighted by molar-refractivity contribution is 7.23. The number of anilines is 1. The zero-order valence-electron chi connectivity index (χ0n) is 18.9. The summed E-state index contributed by atoms with van der Waals surface area (Å²) in [5, 5.41) is 1.29. The first-order valence-corrected chi connectivity index (χ1v) is 12.2. The number of ether oxygens (including phenoxy) is 3. The predicted octanol–water partition coefficient (Wildman–Crippen LogP) is 4.40. The first-order valence-electron chi connectivity index (χ1n) is 11.0. The lowest BCUT2D eigenvalue weighted by Gasteiger charge is -2.27. The van der Waals surface area contributed by atoms with Gasteiger partial charge in [0.25, 0.3) is 5.91 Å². The van der Waals surface area contributed by atoms with E-state index in [4.69, 9.17) is 30.8 Å². The van der Waals surface area contributed by atoms with Crippen LogP contribution >= 0.6 is 22.9 Å². The zero-order valence-corrected chi connectivity index (χ0v) is 20.5. The van der Waals surface area contributed by atoms with Gasteiger partial charge in [-0.1, -0.05) is 35.1 Å². The molecule has 7 nitrogen and oxygen atoms in total. The average molecular weight is 490 g/mol. The minimum atomic E-state index is -0.146. The Labute approximate surface area is 202 Å². The standard InChI is InChI=1S/C24H28ClN3O4S/c1-17-7-8-20(25)23-22(17)26-24(33-23)28(10-4-9-27-11-13-31-14-12-27)21(29)16-32-19-6-3-5-18(15-19)30-2/h3,5-8,15H,4,9-14,16H2,1-2H3. The van der Waals surface area contributed by atoms with Crippen LogP contribution in [0.4, 0.5) is 5.13 Å². The largest absolute Gasteiger partial charge is 0.497 e. The number of fused-ring (bicyclic) bond motifs is 1. The predicted molar refractivity (Wildman–Crippen MR) is 132 cm³/mol. The molecule has 9 heteroatoms. The monoisotopic (exact) mass is 489 g/mol. The topological polar surface area (TPSA) is 64.1 Å². The number of halogens is 1. The van der Waals surface area contributed by atoms with Gasteiger partial charge in [0.05, 0.1) is 35.6 Å². The van der Waals surface area contributed by atoms with E-state index in [0.717, 1.165) is 55.0 Å². The quantitative estimate of drug-likeness (QED) is 0.444. The molecule has 0 radical (unpaired) electrons. The number of thiazole rings is 1. The molecule has 1 saturated heterocycles. The fraction of sp³-hybridized carbons (Fsp3) is 0.417. The highest BCUT2D eigenvalue weighted by Crippen LogP contribution is 2.35. The fourth-order valence-electron chi connectivity index (χ4n) is 3.72. The lowest BCUT2D eigenvalue weighted by molar-refractivity contribution is -0.120. The Bertz CT molecular complexity index is 1060. The van der Waals surface area contributed by atoms with Crippen LogP contribution in [0.15, 0.2) is 36.4 Å². The molecule has 33 heavy (non-hydrogen) atoms. The van der Waals surface area contributed by atoms with Gasteiger partial charge >= 0.3 is 0 Å². The summed E-state index contributed by atoms with van der Waals surface area (Å²) < 4.78 is 17.3. The summed E-state index contributed by atoms with van der Waals surface area (Å²) in [6, 6.07) is 11.1. The van der Waals surface area contributed by atoms with Crippen LogP contribution in [0.1, 0.15) is 12.0 Å². The summed E-state index contributed by atoms with van der Waals surface area (Å²) >= 11 is 7.86. The van der Waals surface area contributed by atoms with Gasteiger partial charge in [-0.25, -0.2) is 4.98 Å². The molecule has 4 rings (SSSR count). The fourth-order valence-corrected chi connectivity index (χ4v) is 5.08. The lowest BCUT2D eigenvalue weighted by Crippen LogP contribution is -2.40. The first-order chi connectivity index (χ1) is 16.0. The summed E-state index contributed by atoms with van der Waals surface area (Å²) in [6.07, 6.45) is 0.827. The molecule has 1 aliphatic rings. The van der Waals surface area contributed by atoms with Crippen molar-refractivity contribution in [1.29, 1.82) is 0 Å². The number of aromatic nitrogens is 1. The van der Waals surface area contributed by atoms with Crippen LogP contribution in [0.3, 0.4) is 0 Å². The summed E-state index contributed by atoms with van der Waals surface area (Å²) in [5.41, 5.74) is 1.87. The summed E-state index contributed by atoms with van der Waals surface area (Å²) in [5.74, 6) is 1.12. The van der Waals surface area contributed by atoms with E-state index in [1.54, 1.807) is 24.1 Å². The number of carbonyl (C=O) groups excluding carboxylic acids is 1. The normalized spacial score (nSPS) is 14.4. The molecule has 3 aromatic rings. The summed E-state index contributed by atoms with van der Waals surface area (Å²) in [7, 11) is 1.60. The van der Waals surface area contributed by atoms with Crippen LogP contribution < -0.4 is 14.4 Å². The minimum absolute atomic E-state index is 0.0899. The summed E-state index contributed by atoms with van der Waals surface area (Å²) in [6.45, 7) is 6.71. The van der Waals surface area contributed by atoms with Crippen molar-refractivity contribution in [2.75, 3.05) is 58.0 Å². The van der Waals surface area contributed by atoms with Crippen LogP contribution in [-0.4, -0.2) is 68.9 Å². The Balaban J connectivity index is 1.50. The molecule has 1 amide bonds. The van der Waals surface area contributed by atoms with Gasteiger partial charge in [-0.15, -0.1) is 0 Å². The molecular formula is C24H28ClN3O4S. The number of hydrogen-bond donors (Lipinski definition) is 0. The molecule has 1 fully saturated rings. The van der Waals surface area contributed by atoms with E-state index in [9.17, 15) is 4.79 Å². The third-order valence-corrected chi connectivity index (χ3v) is 7.12. The number of amides is 1. The molecule has 0 saturated carbocycles. The maximum Gasteiger partial charge on any atom is 0.266 e. The van der Waals surface area contributed by atoms with Gasteiger partial charge in [0.2, 0.25) is 0 Å². The van der Waals surface area contributed by atoms with Gasteiger partial charge < -0.3 is 14.2 Å². The van der Waals surface area contributed by atoms with E-state index in [1.807, 2.05) is 31.2 Å². The number of morpholine rings is 1. The molecule has 0 spiro atoms. The number of methoxy groups -OCH3 is 1. The van der Waals surface area contributed by atoms with Gasteiger partial charge in [0.1, 0.15) is 11.5 Å². The average Bonchev–Trinajstić information content (AvgIpc) is 3.30. The molecule has 176 valence electrons. The molecule has 1 aliphatic heterocycles. The molecule has 2 aromatic carbocycles. The lowest BCUT2D eigenvalue weighted by atomic mass is 10.2. The van der Waals surface area contributed by atoms with Crippen molar-refractivity contribution in [3.63, 3.8) is 0 Å². The van der Waals surface area contributed by atoms with Crippen molar-refractivity contribution >= 4 is 44.2 Å². The summed E-state index contributed by atoms with van der Waals surface area (Å²) in [4.78, 5) is 22.1.